The number of imide groups is 1. The van der Waals surface area contributed by atoms with Crippen molar-refractivity contribution in [3.8, 4) is 0 Å². The molecule has 2 amide bonds. The number of anilines is 2. The van der Waals surface area contributed by atoms with Crippen LogP contribution in [0, 0.1) is 6.92 Å². The van der Waals surface area contributed by atoms with Crippen LogP contribution in [-0.2, 0) is 38.7 Å². The van der Waals surface area contributed by atoms with Crippen molar-refractivity contribution >= 4 is 61.7 Å². The molecule has 0 fully saturated rings. The Balaban J connectivity index is 1.30. The van der Waals surface area contributed by atoms with Gasteiger partial charge in [0, 0.05) is 29.1 Å². The van der Waals surface area contributed by atoms with E-state index in [0.29, 0.717) is 26.7 Å². The molecule has 0 saturated carbocycles. The molecule has 0 spiro atoms. The first-order valence-corrected chi connectivity index (χ1v) is 13.8. The number of ketones is 1. The molecule has 1 N–H and O–H groups in total. The molecule has 0 bridgehead atoms. The van der Waals surface area contributed by atoms with Gasteiger partial charge in [0.15, 0.2) is 15.6 Å². The van der Waals surface area contributed by atoms with Crippen molar-refractivity contribution in [2.75, 3.05) is 22.5 Å². The lowest BCUT2D eigenvalue weighted by atomic mass is 9.94. The molecule has 0 unspecified atom stereocenters. The molecule has 5 rings (SSSR count). The van der Waals surface area contributed by atoms with Gasteiger partial charge in [-0.3, -0.25) is 14.4 Å². The Labute approximate surface area is 211 Å². The molecule has 2 aliphatic heterocycles. The van der Waals surface area contributed by atoms with Gasteiger partial charge in [0.25, 0.3) is 5.91 Å². The van der Waals surface area contributed by atoms with E-state index in [2.05, 4.69) is 5.32 Å². The van der Waals surface area contributed by atoms with Crippen molar-refractivity contribution in [3.05, 3.63) is 74.6 Å². The monoisotopic (exact) mass is 528 g/mol. The fraction of sp³-hybridized carbons (Fsp3) is 0.240. The number of fused-ring (bicyclic) bond motifs is 2. The number of nitrogens with one attached hydrogen (secondary N) is 1. The summed E-state index contributed by atoms with van der Waals surface area (Å²) in [6.07, 6.45) is 0.878. The first kappa shape index (κ1) is 23.7. The van der Waals surface area contributed by atoms with Crippen LogP contribution in [0.15, 0.2) is 46.7 Å². The zero-order valence-corrected chi connectivity index (χ0v) is 21.1. The van der Waals surface area contributed by atoms with Crippen LogP contribution in [0.3, 0.4) is 0 Å². The summed E-state index contributed by atoms with van der Waals surface area (Å²) in [5.74, 6) is -1.77. The number of carbonyl (C=O) groups excluding carboxylic acids is 3. The minimum Gasteiger partial charge on any atom is -0.384 e. The number of hydrogen-bond donors (Lipinski definition) is 1. The zero-order valence-electron chi connectivity index (χ0n) is 18.8. The molecule has 7 nitrogen and oxygen atoms in total. The molecule has 0 atom stereocenters. The highest BCUT2D eigenvalue weighted by molar-refractivity contribution is 7.94. The quantitative estimate of drug-likeness (QED) is 0.485. The van der Waals surface area contributed by atoms with Crippen molar-refractivity contribution in [2.45, 2.75) is 30.4 Å². The van der Waals surface area contributed by atoms with Crippen LogP contribution in [-0.4, -0.2) is 38.3 Å². The molecule has 0 radical (unpaired) electrons. The predicted octanol–water partition coefficient (Wildman–Crippen LogP) is 3.99. The minimum atomic E-state index is -3.77. The molecule has 0 saturated heterocycles. The Morgan fingerprint density at radius 2 is 1.86 bits per heavy atom. The van der Waals surface area contributed by atoms with Crippen molar-refractivity contribution < 1.29 is 22.8 Å². The van der Waals surface area contributed by atoms with Crippen molar-refractivity contribution in [3.63, 3.8) is 0 Å². The molecule has 3 heterocycles. The van der Waals surface area contributed by atoms with Gasteiger partial charge in [-0.15, -0.1) is 11.3 Å². The summed E-state index contributed by atoms with van der Waals surface area (Å²) in [6, 6.07) is 11.6. The van der Waals surface area contributed by atoms with E-state index in [0.717, 1.165) is 46.0 Å². The summed E-state index contributed by atoms with van der Waals surface area (Å²) >= 11 is 7.00. The molecular formula is C25H21ClN2O5S2. The van der Waals surface area contributed by atoms with Gasteiger partial charge in [-0.25, -0.2) is 13.3 Å². The molecule has 0 aliphatic carbocycles. The van der Waals surface area contributed by atoms with Crippen LogP contribution in [0.25, 0.3) is 0 Å². The Bertz CT molecular complexity index is 1470. The summed E-state index contributed by atoms with van der Waals surface area (Å²) in [5, 5.41) is 3.63. The van der Waals surface area contributed by atoms with Crippen LogP contribution in [0.4, 0.5) is 11.4 Å². The zero-order chi connectivity index (χ0) is 24.9. The fourth-order valence-electron chi connectivity index (χ4n) is 4.39. The maximum absolute atomic E-state index is 13.2. The lowest BCUT2D eigenvalue weighted by Crippen LogP contribution is -2.42. The second-order valence-corrected chi connectivity index (χ2v) is 12.5. The van der Waals surface area contributed by atoms with Crippen LogP contribution in [0.2, 0.25) is 5.02 Å². The second kappa shape index (κ2) is 8.89. The number of thiophene rings is 1. The molecule has 180 valence electrons. The van der Waals surface area contributed by atoms with Crippen molar-refractivity contribution in [1.29, 1.82) is 0 Å². The van der Waals surface area contributed by atoms with Crippen molar-refractivity contribution in [1.82, 2.24) is 0 Å². The number of rotatable bonds is 6. The average molecular weight is 529 g/mol. The molecular weight excluding hydrogens is 508 g/mol. The number of hydrogen-bond acceptors (Lipinski definition) is 7. The molecule has 1 aromatic heterocycles. The number of aryl methyl sites for hydroxylation is 1. The highest BCUT2D eigenvalue weighted by Gasteiger charge is 2.33. The largest absolute Gasteiger partial charge is 0.384 e. The van der Waals surface area contributed by atoms with Crippen molar-refractivity contribution in [2.24, 2.45) is 0 Å². The predicted molar refractivity (Wildman–Crippen MR) is 135 cm³/mol. The van der Waals surface area contributed by atoms with Crippen LogP contribution >= 0.6 is 22.9 Å². The number of sulfone groups is 1. The fourth-order valence-corrected chi connectivity index (χ4v) is 7.40. The summed E-state index contributed by atoms with van der Waals surface area (Å²) in [7, 11) is -3.77. The van der Waals surface area contributed by atoms with Gasteiger partial charge in [0.05, 0.1) is 17.1 Å². The van der Waals surface area contributed by atoms with Gasteiger partial charge in [0.2, 0.25) is 5.91 Å². The lowest BCUT2D eigenvalue weighted by Gasteiger charge is -2.27. The van der Waals surface area contributed by atoms with Gasteiger partial charge in [-0.2, -0.15) is 0 Å². The number of carbonyl (C=O) groups is 3. The number of halogens is 1. The normalized spacial score (nSPS) is 15.1. The minimum absolute atomic E-state index is 0.0764. The number of amides is 2. The summed E-state index contributed by atoms with van der Waals surface area (Å²) in [4.78, 5) is 40.3. The van der Waals surface area contributed by atoms with E-state index in [9.17, 15) is 22.8 Å². The Morgan fingerprint density at radius 1 is 1.11 bits per heavy atom. The molecule has 10 heteroatoms. The average Bonchev–Trinajstić information content (AvgIpc) is 3.39. The third-order valence-electron chi connectivity index (χ3n) is 6.15. The molecule has 35 heavy (non-hydrogen) atoms. The highest BCUT2D eigenvalue weighted by atomic mass is 35.5. The van der Waals surface area contributed by atoms with Crippen LogP contribution in [0.5, 0.6) is 0 Å². The second-order valence-electron chi connectivity index (χ2n) is 8.66. The summed E-state index contributed by atoms with van der Waals surface area (Å²) < 4.78 is 25.2. The molecule has 2 aliphatic rings. The van der Waals surface area contributed by atoms with Gasteiger partial charge in [0.1, 0.15) is 9.96 Å². The van der Waals surface area contributed by atoms with Crippen LogP contribution in [0.1, 0.15) is 31.9 Å². The Hall–Kier alpha value is -3.01. The first-order valence-electron chi connectivity index (χ1n) is 11.0. The summed E-state index contributed by atoms with van der Waals surface area (Å²) in [5.41, 5.74) is 4.30. The van der Waals surface area contributed by atoms with Crippen LogP contribution < -0.4 is 10.2 Å². The standard InChI is InChI=1S/C25H21ClN2O5S2/c1-14-21(26)12-24(34-14)35(32,33)13-19(29)8-15-2-4-18(5-3-15)28-23(30)11-17-10-22-16(6-7-27-22)9-20(17)25(28)31/h2-5,9-10,12,27H,6-8,11,13H2,1H3. The summed E-state index contributed by atoms with van der Waals surface area (Å²) in [6.45, 7) is 2.53. The lowest BCUT2D eigenvalue weighted by molar-refractivity contribution is -0.118. The topological polar surface area (TPSA) is 101 Å². The van der Waals surface area contributed by atoms with E-state index < -0.39 is 21.4 Å². The van der Waals surface area contributed by atoms with Gasteiger partial charge < -0.3 is 5.32 Å². The van der Waals surface area contributed by atoms with Gasteiger partial charge >= 0.3 is 0 Å². The SMILES string of the molecule is Cc1sc(S(=O)(=O)CC(=O)Cc2ccc(N3C(=O)Cc4cc5c(cc4C3=O)CCN5)cc2)cc1Cl. The highest BCUT2D eigenvalue weighted by Crippen LogP contribution is 2.33. The third-order valence-corrected chi connectivity index (χ3v) is 9.95. The smallest absolute Gasteiger partial charge is 0.265 e. The number of Topliss-reactive ketones (excluding diaryl/α,β-unsaturated/α-hetero) is 1. The molecule has 3 aromatic rings. The number of benzene rings is 2. The number of nitrogens with zero attached hydrogens (tertiary/aromatic N) is 1. The third kappa shape index (κ3) is 4.51. The van der Waals surface area contributed by atoms with Gasteiger partial charge in [-0.05, 0) is 60.4 Å². The maximum Gasteiger partial charge on any atom is 0.265 e. The van der Waals surface area contributed by atoms with E-state index in [-0.39, 0.29) is 28.9 Å². The Kier molecular flexibility index (Phi) is 6.03. The van der Waals surface area contributed by atoms with E-state index >= 15 is 0 Å². The van der Waals surface area contributed by atoms with E-state index in [4.69, 9.17) is 11.6 Å². The van der Waals surface area contributed by atoms with Gasteiger partial charge in [-0.1, -0.05) is 23.7 Å². The maximum atomic E-state index is 13.2. The van der Waals surface area contributed by atoms with E-state index in [1.807, 2.05) is 12.1 Å². The van der Waals surface area contributed by atoms with E-state index in [1.54, 1.807) is 31.2 Å². The molecule has 2 aromatic carbocycles. The Morgan fingerprint density at radius 3 is 2.54 bits per heavy atom. The van der Waals surface area contributed by atoms with E-state index in [1.165, 1.54) is 6.07 Å². The first-order chi connectivity index (χ1) is 16.6.